The highest BCUT2D eigenvalue weighted by atomic mass is 35.5. The predicted octanol–water partition coefficient (Wildman–Crippen LogP) is 7.06. The van der Waals surface area contributed by atoms with Gasteiger partial charge in [-0.25, -0.2) is 0 Å². The molecule has 0 bridgehead atoms. The number of carbonyl (C=O) groups is 2. The van der Waals surface area contributed by atoms with Crippen LogP contribution in [0.15, 0.2) is 54.6 Å². The van der Waals surface area contributed by atoms with Gasteiger partial charge in [-0.05, 0) is 92.1 Å². The van der Waals surface area contributed by atoms with Crippen LogP contribution in [-0.4, -0.2) is 31.6 Å². The molecule has 0 saturated heterocycles. The maximum atomic E-state index is 12.7. The lowest BCUT2D eigenvalue weighted by Gasteiger charge is -2.25. The standard InChI is InChI=1S/C30H29Cl2NO5/c1-2-36-30(35)23-12-14-37-27-17-28(26(32)16-25(23)27)38-22-9-6-20(7-10-22)29(34)33-13-11-19-5-8-21(31)15-24(19)18-3-4-18/h5-10,15-18,23H,2-4,11-14H2,1H3,(H,33,34). The van der Waals surface area contributed by atoms with Gasteiger partial charge < -0.3 is 19.5 Å². The first-order valence-corrected chi connectivity index (χ1v) is 13.7. The van der Waals surface area contributed by atoms with Crippen LogP contribution in [0.2, 0.25) is 10.0 Å². The number of benzene rings is 3. The van der Waals surface area contributed by atoms with Crippen molar-refractivity contribution in [1.29, 1.82) is 0 Å². The highest BCUT2D eigenvalue weighted by Gasteiger charge is 2.30. The van der Waals surface area contributed by atoms with Gasteiger partial charge in [-0.2, -0.15) is 0 Å². The van der Waals surface area contributed by atoms with Crippen LogP contribution in [0.5, 0.6) is 17.2 Å². The number of carbonyl (C=O) groups excluding carboxylic acids is 2. The first-order chi connectivity index (χ1) is 18.4. The zero-order valence-electron chi connectivity index (χ0n) is 21.1. The quantitative estimate of drug-likeness (QED) is 0.287. The molecular formula is C30H29Cl2NO5. The lowest BCUT2D eigenvalue weighted by molar-refractivity contribution is -0.145. The molecule has 0 radical (unpaired) electrons. The Labute approximate surface area is 232 Å². The first-order valence-electron chi connectivity index (χ1n) is 12.9. The second-order valence-corrected chi connectivity index (χ2v) is 10.4. The monoisotopic (exact) mass is 553 g/mol. The summed E-state index contributed by atoms with van der Waals surface area (Å²) in [4.78, 5) is 25.0. The van der Waals surface area contributed by atoms with Crippen LogP contribution >= 0.6 is 23.2 Å². The molecule has 3 aromatic rings. The molecule has 1 atom stereocenters. The van der Waals surface area contributed by atoms with E-state index in [0.29, 0.717) is 65.5 Å². The third kappa shape index (κ3) is 6.08. The molecule has 5 rings (SSSR count). The molecule has 1 saturated carbocycles. The Morgan fingerprint density at radius 1 is 1.00 bits per heavy atom. The van der Waals surface area contributed by atoms with Gasteiger partial charge in [0.1, 0.15) is 17.2 Å². The van der Waals surface area contributed by atoms with Crippen molar-refractivity contribution in [2.45, 2.75) is 44.4 Å². The third-order valence-corrected chi connectivity index (χ3v) is 7.35. The summed E-state index contributed by atoms with van der Waals surface area (Å²) in [5, 5.41) is 4.11. The van der Waals surface area contributed by atoms with Crippen molar-refractivity contribution >= 4 is 35.1 Å². The molecule has 8 heteroatoms. The zero-order chi connectivity index (χ0) is 26.6. The van der Waals surface area contributed by atoms with Gasteiger partial charge in [-0.1, -0.05) is 29.3 Å². The van der Waals surface area contributed by atoms with E-state index in [1.807, 2.05) is 6.07 Å². The highest BCUT2D eigenvalue weighted by molar-refractivity contribution is 6.32. The summed E-state index contributed by atoms with van der Waals surface area (Å²) in [6.07, 6.45) is 3.69. The molecule has 0 spiro atoms. The van der Waals surface area contributed by atoms with Gasteiger partial charge in [0.2, 0.25) is 0 Å². The maximum Gasteiger partial charge on any atom is 0.313 e. The van der Waals surface area contributed by atoms with Crippen molar-refractivity contribution in [2.75, 3.05) is 19.8 Å². The Balaban J connectivity index is 1.20. The van der Waals surface area contributed by atoms with Gasteiger partial charge in [0, 0.05) is 28.8 Å². The van der Waals surface area contributed by atoms with Crippen molar-refractivity contribution < 1.29 is 23.8 Å². The van der Waals surface area contributed by atoms with E-state index in [0.717, 1.165) is 11.4 Å². The summed E-state index contributed by atoms with van der Waals surface area (Å²) in [6, 6.07) is 16.3. The Bertz CT molecular complexity index is 1340. The lowest BCUT2D eigenvalue weighted by Crippen LogP contribution is -2.25. The normalized spacial score (nSPS) is 16.2. The maximum absolute atomic E-state index is 12.7. The molecule has 1 amide bonds. The molecular weight excluding hydrogens is 525 g/mol. The van der Waals surface area contributed by atoms with Crippen LogP contribution in [0.1, 0.15) is 65.1 Å². The molecule has 38 heavy (non-hydrogen) atoms. The van der Waals surface area contributed by atoms with Crippen molar-refractivity contribution in [1.82, 2.24) is 5.32 Å². The molecule has 6 nitrogen and oxygen atoms in total. The van der Waals surface area contributed by atoms with E-state index >= 15 is 0 Å². The Morgan fingerprint density at radius 3 is 2.53 bits per heavy atom. The second kappa shape index (κ2) is 11.7. The minimum absolute atomic E-state index is 0.149. The number of nitrogens with one attached hydrogen (secondary N) is 1. The van der Waals surface area contributed by atoms with Crippen molar-refractivity contribution in [2.24, 2.45) is 0 Å². The van der Waals surface area contributed by atoms with E-state index in [-0.39, 0.29) is 11.9 Å². The van der Waals surface area contributed by atoms with Crippen LogP contribution in [0, 0.1) is 0 Å². The fourth-order valence-corrected chi connectivity index (χ4v) is 5.13. The third-order valence-electron chi connectivity index (χ3n) is 6.82. The number of rotatable bonds is 9. The Kier molecular flexibility index (Phi) is 8.10. The van der Waals surface area contributed by atoms with Crippen LogP contribution in [0.3, 0.4) is 0 Å². The molecule has 0 aromatic heterocycles. The summed E-state index contributed by atoms with van der Waals surface area (Å²) in [6.45, 7) is 3.04. The average Bonchev–Trinajstić information content (AvgIpc) is 3.76. The molecule has 198 valence electrons. The molecule has 1 N–H and O–H groups in total. The molecule has 2 aliphatic rings. The molecule has 1 fully saturated rings. The minimum Gasteiger partial charge on any atom is -0.493 e. The van der Waals surface area contributed by atoms with Crippen LogP contribution in [0.25, 0.3) is 0 Å². The number of hydrogen-bond acceptors (Lipinski definition) is 5. The fraction of sp³-hybridized carbons (Fsp3) is 0.333. The van der Waals surface area contributed by atoms with Gasteiger partial charge in [0.25, 0.3) is 5.91 Å². The number of halogens is 2. The first kappa shape index (κ1) is 26.4. The van der Waals surface area contributed by atoms with Gasteiger partial charge in [-0.15, -0.1) is 0 Å². The van der Waals surface area contributed by atoms with Gasteiger partial charge in [0.05, 0.1) is 24.2 Å². The second-order valence-electron chi connectivity index (χ2n) is 9.51. The molecule has 3 aromatic carbocycles. The smallest absolute Gasteiger partial charge is 0.313 e. The van der Waals surface area contributed by atoms with Crippen molar-refractivity contribution in [3.63, 3.8) is 0 Å². The summed E-state index contributed by atoms with van der Waals surface area (Å²) in [7, 11) is 0. The topological polar surface area (TPSA) is 73.9 Å². The van der Waals surface area contributed by atoms with E-state index in [1.165, 1.54) is 24.0 Å². The number of hydrogen-bond donors (Lipinski definition) is 1. The van der Waals surface area contributed by atoms with E-state index < -0.39 is 5.92 Å². The van der Waals surface area contributed by atoms with Crippen molar-refractivity contribution in [3.05, 3.63) is 86.9 Å². The Morgan fingerprint density at radius 2 is 1.79 bits per heavy atom. The van der Waals surface area contributed by atoms with E-state index in [1.54, 1.807) is 43.3 Å². The largest absolute Gasteiger partial charge is 0.493 e. The predicted molar refractivity (Wildman–Crippen MR) is 147 cm³/mol. The number of ether oxygens (including phenoxy) is 3. The molecule has 1 unspecified atom stereocenters. The number of esters is 1. The SMILES string of the molecule is CCOC(=O)C1CCOc2cc(Oc3ccc(C(=O)NCCc4ccc(Cl)cc4C4CC4)cc3)c(Cl)cc21. The van der Waals surface area contributed by atoms with Gasteiger partial charge >= 0.3 is 5.97 Å². The minimum atomic E-state index is -0.414. The van der Waals surface area contributed by atoms with E-state index in [9.17, 15) is 9.59 Å². The van der Waals surface area contributed by atoms with Crippen molar-refractivity contribution in [3.8, 4) is 17.2 Å². The average molecular weight is 554 g/mol. The number of amides is 1. The Hall–Kier alpha value is -3.22. The van der Waals surface area contributed by atoms with Crippen LogP contribution in [0.4, 0.5) is 0 Å². The van der Waals surface area contributed by atoms with Gasteiger partial charge in [0.15, 0.2) is 0 Å². The summed E-state index contributed by atoms with van der Waals surface area (Å²) in [5.41, 5.74) is 3.77. The number of fused-ring (bicyclic) bond motifs is 1. The molecule has 1 heterocycles. The summed E-state index contributed by atoms with van der Waals surface area (Å²) in [5.74, 6) is 1.23. The lowest BCUT2D eigenvalue weighted by atomic mass is 9.93. The fourth-order valence-electron chi connectivity index (χ4n) is 4.74. The summed E-state index contributed by atoms with van der Waals surface area (Å²) >= 11 is 12.7. The van der Waals surface area contributed by atoms with Gasteiger partial charge in [-0.3, -0.25) is 9.59 Å². The van der Waals surface area contributed by atoms with E-state index in [4.69, 9.17) is 37.4 Å². The highest BCUT2D eigenvalue weighted by Crippen LogP contribution is 2.43. The zero-order valence-corrected chi connectivity index (χ0v) is 22.6. The molecule has 1 aliphatic carbocycles. The molecule has 1 aliphatic heterocycles. The van der Waals surface area contributed by atoms with Crippen LogP contribution in [-0.2, 0) is 16.0 Å². The summed E-state index contributed by atoms with van der Waals surface area (Å²) < 4.78 is 16.9. The van der Waals surface area contributed by atoms with Crippen LogP contribution < -0.4 is 14.8 Å². The van der Waals surface area contributed by atoms with E-state index in [2.05, 4.69) is 17.4 Å².